The van der Waals surface area contributed by atoms with Crippen molar-refractivity contribution in [1.82, 2.24) is 9.97 Å². The maximum Gasteiger partial charge on any atom is 0.416 e. The van der Waals surface area contributed by atoms with Crippen LogP contribution in [-0.2, 0) is 39.4 Å². The normalized spacial score (nSPS) is 21.0. The van der Waals surface area contributed by atoms with Crippen molar-refractivity contribution in [2.24, 2.45) is 0 Å². The summed E-state index contributed by atoms with van der Waals surface area (Å²) in [6.45, 7) is 2.79. The number of anilines is 2. The molecule has 2 aliphatic rings. The number of pyridine rings is 1. The number of halogens is 8. The molecule has 3 unspecified atom stereocenters. The number of hydrogen-bond donors (Lipinski definition) is 2. The number of rotatable bonds is 13. The van der Waals surface area contributed by atoms with E-state index in [2.05, 4.69) is 9.97 Å². The second kappa shape index (κ2) is 16.3. The molecule has 0 bridgehead atoms. The molecule has 2 N–H and O–H groups in total. The van der Waals surface area contributed by atoms with E-state index in [1.807, 2.05) is 6.07 Å². The number of carboxylic acid groups (broad SMARTS) is 2. The van der Waals surface area contributed by atoms with Crippen molar-refractivity contribution in [3.8, 4) is 6.07 Å². The molecule has 4 aromatic rings. The molecule has 308 valence electrons. The standard InChI is InChI=1S/C41H33F8N5O4S/c1-39(17-24-20-59-21-52-24)27-16-23(41(47,48)49)7-8-28(27)53(14-11-31(55)56)29(39)9-5-22(19-50)6-10-30-40(2,18-25-33(42)35(44)37(46)36(45)34(25)43)26-4-3-13-51-38(26)54(30)15-12-32(57)58/h3-10,13,16,20-21,29H,11-12,14-15,17-18H2,1-2H3,(H,55,56)(H,57,58)/b9-5+,22-6-,30-10+. The highest BCUT2D eigenvalue weighted by Gasteiger charge is 2.49. The molecule has 6 rings (SSSR count). The maximum atomic E-state index is 15.2. The number of aromatic nitrogens is 2. The summed E-state index contributed by atoms with van der Waals surface area (Å²) >= 11 is 1.28. The van der Waals surface area contributed by atoms with Gasteiger partial charge in [0.15, 0.2) is 23.3 Å². The topological polar surface area (TPSA) is 131 Å². The summed E-state index contributed by atoms with van der Waals surface area (Å²) in [4.78, 5) is 35.2. The van der Waals surface area contributed by atoms with Crippen LogP contribution in [0.4, 0.5) is 46.6 Å². The monoisotopic (exact) mass is 843 g/mol. The third-order valence-corrected chi connectivity index (χ3v) is 11.4. The average molecular weight is 844 g/mol. The molecule has 0 amide bonds. The highest BCUT2D eigenvalue weighted by atomic mass is 32.1. The predicted molar refractivity (Wildman–Crippen MR) is 200 cm³/mol. The number of carbonyl (C=O) groups is 2. The van der Waals surface area contributed by atoms with E-state index in [1.165, 1.54) is 65.8 Å². The number of aliphatic carboxylic acids is 2. The molecule has 3 atom stereocenters. The van der Waals surface area contributed by atoms with Gasteiger partial charge in [-0.2, -0.15) is 18.4 Å². The van der Waals surface area contributed by atoms with Gasteiger partial charge in [0.25, 0.3) is 0 Å². The maximum absolute atomic E-state index is 15.2. The second-order valence-electron chi connectivity index (χ2n) is 14.5. The largest absolute Gasteiger partial charge is 0.481 e. The number of allylic oxidation sites excluding steroid dienone is 5. The number of carboxylic acids is 2. The van der Waals surface area contributed by atoms with Crippen molar-refractivity contribution in [2.75, 3.05) is 22.9 Å². The van der Waals surface area contributed by atoms with Gasteiger partial charge in [0, 0.05) is 64.4 Å². The molecule has 2 aliphatic heterocycles. The average Bonchev–Trinajstić information content (AvgIpc) is 3.85. The molecule has 4 heterocycles. The highest BCUT2D eigenvalue weighted by Crippen LogP contribution is 2.51. The molecule has 9 nitrogen and oxygen atoms in total. The van der Waals surface area contributed by atoms with Crippen LogP contribution >= 0.6 is 11.3 Å². The van der Waals surface area contributed by atoms with Gasteiger partial charge in [-0.25, -0.2) is 31.9 Å². The fraction of sp³-hybridized carbons (Fsp3) is 0.293. The zero-order chi connectivity index (χ0) is 43.0. The van der Waals surface area contributed by atoms with Gasteiger partial charge in [-0.1, -0.05) is 19.1 Å². The number of hydrogen-bond acceptors (Lipinski definition) is 8. The first kappa shape index (κ1) is 42.5. The van der Waals surface area contributed by atoms with E-state index in [1.54, 1.807) is 28.8 Å². The number of nitrogens with zero attached hydrogens (tertiary/aromatic N) is 5. The minimum absolute atomic E-state index is 0.0840. The summed E-state index contributed by atoms with van der Waals surface area (Å²) in [5.41, 5.74) is -1.80. The Morgan fingerprint density at radius 2 is 1.59 bits per heavy atom. The second-order valence-corrected chi connectivity index (χ2v) is 15.2. The zero-order valence-corrected chi connectivity index (χ0v) is 31.9. The third-order valence-electron chi connectivity index (χ3n) is 10.7. The zero-order valence-electron chi connectivity index (χ0n) is 31.1. The molecule has 0 saturated heterocycles. The van der Waals surface area contributed by atoms with Gasteiger partial charge in [0.2, 0.25) is 5.82 Å². The lowest BCUT2D eigenvalue weighted by atomic mass is 9.74. The molecule has 0 fully saturated rings. The Hall–Kier alpha value is -6.09. The first-order valence-electron chi connectivity index (χ1n) is 17.8. The lowest BCUT2D eigenvalue weighted by Gasteiger charge is -2.35. The number of thiazole rings is 1. The molecule has 2 aromatic carbocycles. The molecule has 0 saturated carbocycles. The van der Waals surface area contributed by atoms with E-state index in [-0.39, 0.29) is 54.1 Å². The molecule has 0 spiro atoms. The molecular formula is C41H33F8N5O4S. The summed E-state index contributed by atoms with van der Waals surface area (Å²) in [5, 5.41) is 31.2. The van der Waals surface area contributed by atoms with Crippen molar-refractivity contribution in [2.45, 2.75) is 62.6 Å². The molecule has 0 aliphatic carbocycles. The number of benzene rings is 2. The lowest BCUT2D eigenvalue weighted by Crippen LogP contribution is -2.44. The molecule has 2 aromatic heterocycles. The van der Waals surface area contributed by atoms with Crippen molar-refractivity contribution in [1.29, 1.82) is 5.26 Å². The van der Waals surface area contributed by atoms with Crippen LogP contribution < -0.4 is 9.80 Å². The van der Waals surface area contributed by atoms with E-state index >= 15 is 8.78 Å². The SMILES string of the molecule is CC1(Cc2c(F)c(F)c(F)c(F)c2F)\C(=C/C=C(C#N)/C=C/C2N(CCC(=O)O)c3ccc(C(F)(F)F)cc3C2(C)Cc2cscn2)N(CCC(=O)O)c2ncccc21. The fourth-order valence-corrected chi connectivity index (χ4v) is 8.46. The van der Waals surface area contributed by atoms with Gasteiger partial charge in [0.05, 0.1) is 47.3 Å². The summed E-state index contributed by atoms with van der Waals surface area (Å²) in [7, 11) is 0. The van der Waals surface area contributed by atoms with Gasteiger partial charge in [-0.15, -0.1) is 11.3 Å². The van der Waals surface area contributed by atoms with Crippen LogP contribution in [0.2, 0.25) is 0 Å². The Labute approximate surface area is 335 Å². The number of nitriles is 1. The van der Waals surface area contributed by atoms with Crippen LogP contribution in [0.3, 0.4) is 0 Å². The van der Waals surface area contributed by atoms with Gasteiger partial charge in [-0.3, -0.25) is 9.59 Å². The first-order valence-corrected chi connectivity index (χ1v) is 18.8. The summed E-state index contributed by atoms with van der Waals surface area (Å²) < 4.78 is 115. The van der Waals surface area contributed by atoms with Gasteiger partial charge >= 0.3 is 18.1 Å². The van der Waals surface area contributed by atoms with Gasteiger partial charge < -0.3 is 20.0 Å². The summed E-state index contributed by atoms with van der Waals surface area (Å²) in [6, 6.07) is 7.37. The van der Waals surface area contributed by atoms with Crippen molar-refractivity contribution in [3.05, 3.63) is 140 Å². The molecule has 59 heavy (non-hydrogen) atoms. The Bertz CT molecular complexity index is 2420. The highest BCUT2D eigenvalue weighted by molar-refractivity contribution is 7.07. The van der Waals surface area contributed by atoms with E-state index in [0.29, 0.717) is 11.4 Å². The third kappa shape index (κ3) is 8.03. The summed E-state index contributed by atoms with van der Waals surface area (Å²) in [5.74, 6) is -13.0. The van der Waals surface area contributed by atoms with Crippen LogP contribution in [0, 0.1) is 40.4 Å². The van der Waals surface area contributed by atoms with Crippen molar-refractivity contribution in [3.63, 3.8) is 0 Å². The van der Waals surface area contributed by atoms with Gasteiger partial charge in [-0.05, 0) is 61.4 Å². The van der Waals surface area contributed by atoms with Crippen LogP contribution in [0.15, 0.2) is 83.0 Å². The van der Waals surface area contributed by atoms with Crippen molar-refractivity contribution >= 4 is 34.8 Å². The molecule has 0 radical (unpaired) electrons. The minimum Gasteiger partial charge on any atom is -0.481 e. The lowest BCUT2D eigenvalue weighted by molar-refractivity contribution is -0.138. The quantitative estimate of drug-likeness (QED) is 0.0446. The minimum atomic E-state index is -4.70. The number of alkyl halides is 3. The summed E-state index contributed by atoms with van der Waals surface area (Å²) in [6.07, 6.45) is 0.675. The van der Waals surface area contributed by atoms with E-state index in [9.17, 15) is 51.4 Å². The first-order chi connectivity index (χ1) is 27.8. The molecular weight excluding hydrogens is 811 g/mol. The predicted octanol–water partition coefficient (Wildman–Crippen LogP) is 8.80. The smallest absolute Gasteiger partial charge is 0.416 e. The Balaban J connectivity index is 1.48. The van der Waals surface area contributed by atoms with E-state index in [0.717, 1.165) is 12.1 Å². The Morgan fingerprint density at radius 1 is 0.932 bits per heavy atom. The van der Waals surface area contributed by atoms with E-state index < -0.39 is 88.0 Å². The molecule has 18 heteroatoms. The van der Waals surface area contributed by atoms with Gasteiger partial charge in [0.1, 0.15) is 5.82 Å². The Morgan fingerprint density at radius 3 is 2.20 bits per heavy atom. The number of fused-ring (bicyclic) bond motifs is 2. The fourth-order valence-electron chi connectivity index (χ4n) is 7.91. The van der Waals surface area contributed by atoms with Crippen LogP contribution in [0.25, 0.3) is 0 Å². The van der Waals surface area contributed by atoms with Crippen LogP contribution in [0.5, 0.6) is 0 Å². The van der Waals surface area contributed by atoms with Crippen molar-refractivity contribution < 1.29 is 54.9 Å². The van der Waals surface area contributed by atoms with E-state index in [4.69, 9.17) is 0 Å². The Kier molecular flexibility index (Phi) is 11.7. The van der Waals surface area contributed by atoms with Crippen LogP contribution in [0.1, 0.15) is 54.6 Å². The van der Waals surface area contributed by atoms with Crippen LogP contribution in [-0.4, -0.2) is 51.3 Å².